The first kappa shape index (κ1) is 16.4. The van der Waals surface area contributed by atoms with Crippen LogP contribution in [0.1, 0.15) is 32.3 Å². The molecular formula is C15H22N2O2S2. The van der Waals surface area contributed by atoms with Crippen LogP contribution in [0.5, 0.6) is 0 Å². The highest BCUT2D eigenvalue weighted by Crippen LogP contribution is 2.28. The third kappa shape index (κ3) is 3.81. The molecule has 21 heavy (non-hydrogen) atoms. The van der Waals surface area contributed by atoms with Crippen molar-refractivity contribution in [1.82, 2.24) is 4.90 Å². The SMILES string of the molecule is CC1(C)CCCN1CCS(=O)(=O)c1ccc(C(N)=S)cc1. The number of benzene rings is 1. The first-order valence-electron chi connectivity index (χ1n) is 7.10. The van der Waals surface area contributed by atoms with E-state index >= 15 is 0 Å². The van der Waals surface area contributed by atoms with Crippen molar-refractivity contribution in [1.29, 1.82) is 0 Å². The first-order chi connectivity index (χ1) is 9.72. The lowest BCUT2D eigenvalue weighted by Crippen LogP contribution is -2.40. The van der Waals surface area contributed by atoms with E-state index in [9.17, 15) is 8.42 Å². The number of thiocarbonyl (C=S) groups is 1. The van der Waals surface area contributed by atoms with E-state index in [-0.39, 0.29) is 16.3 Å². The second-order valence-electron chi connectivity index (χ2n) is 6.11. The zero-order chi connectivity index (χ0) is 15.7. The number of rotatable bonds is 5. The Kier molecular flexibility index (Phi) is 4.70. The first-order valence-corrected chi connectivity index (χ1v) is 9.16. The monoisotopic (exact) mass is 326 g/mol. The number of hydrogen-bond donors (Lipinski definition) is 1. The predicted octanol–water partition coefficient (Wildman–Crippen LogP) is 1.97. The van der Waals surface area contributed by atoms with Gasteiger partial charge >= 0.3 is 0 Å². The predicted molar refractivity (Wildman–Crippen MR) is 89.3 cm³/mol. The van der Waals surface area contributed by atoms with Crippen LogP contribution in [0.25, 0.3) is 0 Å². The zero-order valence-electron chi connectivity index (χ0n) is 12.5. The van der Waals surface area contributed by atoms with E-state index in [1.165, 1.54) is 0 Å². The van der Waals surface area contributed by atoms with Gasteiger partial charge in [0.15, 0.2) is 9.84 Å². The third-order valence-corrected chi connectivity index (χ3v) is 6.15. The molecule has 0 spiro atoms. The number of sulfone groups is 1. The molecule has 0 saturated carbocycles. The Morgan fingerprint density at radius 2 is 1.95 bits per heavy atom. The van der Waals surface area contributed by atoms with Gasteiger partial charge in [-0.2, -0.15) is 0 Å². The van der Waals surface area contributed by atoms with Crippen LogP contribution in [0.4, 0.5) is 0 Å². The fraction of sp³-hybridized carbons (Fsp3) is 0.533. The standard InChI is InChI=1S/C15H22N2O2S2/c1-15(2)8-3-9-17(15)10-11-21(18,19)13-6-4-12(5-7-13)14(16)20/h4-7H,3,8-11H2,1-2H3,(H2,16,20). The van der Waals surface area contributed by atoms with Gasteiger partial charge in [0, 0.05) is 17.6 Å². The summed E-state index contributed by atoms with van der Waals surface area (Å²) < 4.78 is 24.8. The molecule has 2 rings (SSSR count). The smallest absolute Gasteiger partial charge is 0.179 e. The summed E-state index contributed by atoms with van der Waals surface area (Å²) >= 11 is 4.87. The van der Waals surface area contributed by atoms with Gasteiger partial charge in [0.05, 0.1) is 10.6 Å². The Morgan fingerprint density at radius 3 is 2.43 bits per heavy atom. The average Bonchev–Trinajstić information content (AvgIpc) is 2.75. The molecular weight excluding hydrogens is 304 g/mol. The maximum atomic E-state index is 12.4. The number of likely N-dealkylation sites (tertiary alicyclic amines) is 1. The summed E-state index contributed by atoms with van der Waals surface area (Å²) in [7, 11) is -3.27. The van der Waals surface area contributed by atoms with Crippen LogP contribution in [-0.2, 0) is 9.84 Å². The van der Waals surface area contributed by atoms with Crippen LogP contribution in [0, 0.1) is 0 Å². The van der Waals surface area contributed by atoms with E-state index in [2.05, 4.69) is 18.7 Å². The van der Waals surface area contributed by atoms with E-state index in [1.54, 1.807) is 24.3 Å². The molecule has 1 aromatic carbocycles. The van der Waals surface area contributed by atoms with E-state index in [1.807, 2.05) is 0 Å². The normalized spacial score (nSPS) is 18.8. The Hall–Kier alpha value is -0.980. The van der Waals surface area contributed by atoms with Crippen LogP contribution in [0.15, 0.2) is 29.2 Å². The van der Waals surface area contributed by atoms with Gasteiger partial charge in [-0.15, -0.1) is 0 Å². The number of nitrogens with two attached hydrogens (primary N) is 1. The molecule has 0 bridgehead atoms. The van der Waals surface area contributed by atoms with E-state index in [0.717, 1.165) is 19.4 Å². The quantitative estimate of drug-likeness (QED) is 0.838. The molecule has 116 valence electrons. The van der Waals surface area contributed by atoms with Gasteiger partial charge in [0.25, 0.3) is 0 Å². The molecule has 4 nitrogen and oxygen atoms in total. The maximum absolute atomic E-state index is 12.4. The zero-order valence-corrected chi connectivity index (χ0v) is 14.1. The van der Waals surface area contributed by atoms with Crippen LogP contribution in [0.3, 0.4) is 0 Å². The second kappa shape index (κ2) is 6.02. The van der Waals surface area contributed by atoms with Crippen molar-refractivity contribution in [3.8, 4) is 0 Å². The Bertz CT molecular complexity index is 622. The van der Waals surface area contributed by atoms with Gasteiger partial charge < -0.3 is 5.73 Å². The van der Waals surface area contributed by atoms with Crippen molar-refractivity contribution < 1.29 is 8.42 Å². The van der Waals surface area contributed by atoms with Crippen molar-refractivity contribution in [3.05, 3.63) is 29.8 Å². The molecule has 1 aliphatic rings. The summed E-state index contributed by atoms with van der Waals surface area (Å²) in [6, 6.07) is 6.49. The molecule has 0 aromatic heterocycles. The van der Waals surface area contributed by atoms with Gasteiger partial charge in [-0.1, -0.05) is 24.4 Å². The molecule has 0 aliphatic carbocycles. The summed E-state index contributed by atoms with van der Waals surface area (Å²) in [4.78, 5) is 2.87. The third-order valence-electron chi connectivity index (χ3n) is 4.20. The van der Waals surface area contributed by atoms with Crippen molar-refractivity contribution in [2.24, 2.45) is 5.73 Å². The van der Waals surface area contributed by atoms with Crippen molar-refractivity contribution in [2.45, 2.75) is 37.1 Å². The molecule has 0 atom stereocenters. The molecule has 0 unspecified atom stereocenters. The summed E-state index contributed by atoms with van der Waals surface area (Å²) in [5.41, 5.74) is 6.31. The highest BCUT2D eigenvalue weighted by atomic mass is 32.2. The molecule has 1 aliphatic heterocycles. The maximum Gasteiger partial charge on any atom is 0.179 e. The largest absolute Gasteiger partial charge is 0.389 e. The summed E-state index contributed by atoms with van der Waals surface area (Å²) in [5, 5.41) is 0. The summed E-state index contributed by atoms with van der Waals surface area (Å²) in [6.07, 6.45) is 2.26. The van der Waals surface area contributed by atoms with Crippen LogP contribution < -0.4 is 5.73 Å². The summed E-state index contributed by atoms with van der Waals surface area (Å²) in [5.74, 6) is 0.142. The lowest BCUT2D eigenvalue weighted by atomic mass is 10.0. The summed E-state index contributed by atoms with van der Waals surface area (Å²) in [6.45, 7) is 5.89. The van der Waals surface area contributed by atoms with Crippen LogP contribution >= 0.6 is 12.2 Å². The van der Waals surface area contributed by atoms with Gasteiger partial charge in [0.2, 0.25) is 0 Å². The van der Waals surface area contributed by atoms with E-state index in [4.69, 9.17) is 18.0 Å². The fourth-order valence-electron chi connectivity index (χ4n) is 2.75. The van der Waals surface area contributed by atoms with Crippen LogP contribution in [0.2, 0.25) is 0 Å². The molecule has 1 aromatic rings. The number of nitrogens with zero attached hydrogens (tertiary/aromatic N) is 1. The minimum absolute atomic E-state index is 0.102. The van der Waals surface area contributed by atoms with Crippen molar-refractivity contribution in [2.75, 3.05) is 18.8 Å². The second-order valence-corrected chi connectivity index (χ2v) is 8.66. The molecule has 1 saturated heterocycles. The Morgan fingerprint density at radius 1 is 1.33 bits per heavy atom. The van der Waals surface area contributed by atoms with Gasteiger partial charge in [-0.05, 0) is 45.4 Å². The molecule has 1 heterocycles. The lowest BCUT2D eigenvalue weighted by Gasteiger charge is -2.31. The number of hydrogen-bond acceptors (Lipinski definition) is 4. The van der Waals surface area contributed by atoms with Gasteiger partial charge in [-0.25, -0.2) is 8.42 Å². The minimum Gasteiger partial charge on any atom is -0.389 e. The van der Waals surface area contributed by atoms with Gasteiger partial charge in [-0.3, -0.25) is 4.90 Å². The molecule has 6 heteroatoms. The minimum atomic E-state index is -3.27. The molecule has 0 amide bonds. The molecule has 1 fully saturated rings. The Labute approximate surface area is 132 Å². The Balaban J connectivity index is 2.06. The highest BCUT2D eigenvalue weighted by Gasteiger charge is 2.32. The topological polar surface area (TPSA) is 63.4 Å². The lowest BCUT2D eigenvalue weighted by molar-refractivity contribution is 0.186. The van der Waals surface area contributed by atoms with Crippen LogP contribution in [-0.4, -0.2) is 42.7 Å². The van der Waals surface area contributed by atoms with Crippen molar-refractivity contribution >= 4 is 27.0 Å². The highest BCUT2D eigenvalue weighted by molar-refractivity contribution is 7.91. The van der Waals surface area contributed by atoms with E-state index in [0.29, 0.717) is 17.0 Å². The van der Waals surface area contributed by atoms with Gasteiger partial charge in [0.1, 0.15) is 4.99 Å². The molecule has 0 radical (unpaired) electrons. The van der Waals surface area contributed by atoms with Crippen molar-refractivity contribution in [3.63, 3.8) is 0 Å². The van der Waals surface area contributed by atoms with E-state index < -0.39 is 9.84 Å². The fourth-order valence-corrected chi connectivity index (χ4v) is 4.14. The average molecular weight is 326 g/mol. The molecule has 2 N–H and O–H groups in total.